The number of ketones is 1. The molecule has 0 aliphatic carbocycles. The van der Waals surface area contributed by atoms with Crippen LogP contribution in [0.15, 0.2) is 18.2 Å². The number of rotatable bonds is 4. The summed E-state index contributed by atoms with van der Waals surface area (Å²) in [5.74, 6) is -2.06. The van der Waals surface area contributed by atoms with Crippen LogP contribution in [0.3, 0.4) is 0 Å². The highest BCUT2D eigenvalue weighted by Crippen LogP contribution is 2.12. The first-order valence-corrected chi connectivity index (χ1v) is 5.34. The van der Waals surface area contributed by atoms with Crippen LogP contribution >= 0.6 is 0 Å². The largest absolute Gasteiger partial charge is 0.379 e. The van der Waals surface area contributed by atoms with Gasteiger partial charge in [0.05, 0.1) is 18.3 Å². The second kappa shape index (κ2) is 5.33. The van der Waals surface area contributed by atoms with Crippen LogP contribution in [0, 0.1) is 11.6 Å². The SMILES string of the molecule is O=C(COC1CCOC1)c1ccc(F)cc1F. The maximum absolute atomic E-state index is 13.3. The molecular weight excluding hydrogens is 230 g/mol. The van der Waals surface area contributed by atoms with Gasteiger partial charge in [-0.15, -0.1) is 0 Å². The normalized spacial score (nSPS) is 19.5. The predicted octanol–water partition coefficient (Wildman–Crippen LogP) is 1.95. The van der Waals surface area contributed by atoms with Crippen molar-refractivity contribution in [3.8, 4) is 0 Å². The fraction of sp³-hybridized carbons (Fsp3) is 0.417. The second-order valence-electron chi connectivity index (χ2n) is 3.84. The summed E-state index contributed by atoms with van der Waals surface area (Å²) >= 11 is 0. The molecule has 3 nitrogen and oxygen atoms in total. The molecule has 1 aromatic carbocycles. The van der Waals surface area contributed by atoms with Crippen molar-refractivity contribution in [3.63, 3.8) is 0 Å². The molecule has 5 heteroatoms. The quantitative estimate of drug-likeness (QED) is 0.757. The van der Waals surface area contributed by atoms with E-state index in [1.165, 1.54) is 0 Å². The highest BCUT2D eigenvalue weighted by Gasteiger charge is 2.19. The molecule has 0 aromatic heterocycles. The van der Waals surface area contributed by atoms with Gasteiger partial charge >= 0.3 is 0 Å². The van der Waals surface area contributed by atoms with Gasteiger partial charge in [-0.05, 0) is 18.6 Å². The van der Waals surface area contributed by atoms with E-state index in [9.17, 15) is 13.6 Å². The zero-order valence-corrected chi connectivity index (χ0v) is 9.12. The van der Waals surface area contributed by atoms with Crippen molar-refractivity contribution >= 4 is 5.78 Å². The number of benzene rings is 1. The molecule has 1 unspecified atom stereocenters. The number of hydrogen-bond acceptors (Lipinski definition) is 3. The molecule has 1 aliphatic heterocycles. The molecule has 1 saturated heterocycles. The maximum atomic E-state index is 13.3. The Labute approximate surface area is 97.3 Å². The van der Waals surface area contributed by atoms with Gasteiger partial charge in [0.25, 0.3) is 0 Å². The van der Waals surface area contributed by atoms with Crippen LogP contribution in [0.25, 0.3) is 0 Å². The van der Waals surface area contributed by atoms with E-state index in [1.807, 2.05) is 0 Å². The Hall–Kier alpha value is -1.33. The fourth-order valence-corrected chi connectivity index (χ4v) is 1.63. The predicted molar refractivity (Wildman–Crippen MR) is 55.9 cm³/mol. The summed E-state index contributed by atoms with van der Waals surface area (Å²) in [5, 5.41) is 0. The molecule has 1 aromatic rings. The number of ether oxygens (including phenoxy) is 2. The van der Waals surface area contributed by atoms with Crippen LogP contribution in [0.1, 0.15) is 16.8 Å². The highest BCUT2D eigenvalue weighted by atomic mass is 19.1. The van der Waals surface area contributed by atoms with Crippen LogP contribution in [-0.4, -0.2) is 31.7 Å². The lowest BCUT2D eigenvalue weighted by Gasteiger charge is -2.09. The van der Waals surface area contributed by atoms with E-state index >= 15 is 0 Å². The first kappa shape index (κ1) is 12.1. The van der Waals surface area contributed by atoms with E-state index in [4.69, 9.17) is 9.47 Å². The van der Waals surface area contributed by atoms with E-state index < -0.39 is 17.4 Å². The van der Waals surface area contributed by atoms with Gasteiger partial charge in [0, 0.05) is 12.7 Å². The van der Waals surface area contributed by atoms with Gasteiger partial charge in [-0.2, -0.15) is 0 Å². The van der Waals surface area contributed by atoms with E-state index in [1.54, 1.807) is 0 Å². The third kappa shape index (κ3) is 3.08. The van der Waals surface area contributed by atoms with Crippen LogP contribution < -0.4 is 0 Å². The lowest BCUT2D eigenvalue weighted by molar-refractivity contribution is 0.0388. The van der Waals surface area contributed by atoms with Gasteiger partial charge in [-0.3, -0.25) is 4.79 Å². The van der Waals surface area contributed by atoms with Crippen LogP contribution in [0.4, 0.5) is 8.78 Å². The zero-order valence-electron chi connectivity index (χ0n) is 9.12. The second-order valence-corrected chi connectivity index (χ2v) is 3.84. The van der Waals surface area contributed by atoms with E-state index in [-0.39, 0.29) is 18.3 Å². The minimum absolute atomic E-state index is 0.109. The van der Waals surface area contributed by atoms with Crippen LogP contribution in [-0.2, 0) is 9.47 Å². The van der Waals surface area contributed by atoms with Crippen molar-refractivity contribution < 1.29 is 23.0 Å². The summed E-state index contributed by atoms with van der Waals surface area (Å²) in [5.41, 5.74) is -0.148. The third-order valence-corrected chi connectivity index (χ3v) is 2.57. The summed E-state index contributed by atoms with van der Waals surface area (Å²) in [4.78, 5) is 11.6. The van der Waals surface area contributed by atoms with Crippen molar-refractivity contribution in [2.75, 3.05) is 19.8 Å². The Morgan fingerprint density at radius 1 is 1.47 bits per heavy atom. The van der Waals surface area contributed by atoms with Gasteiger partial charge in [-0.1, -0.05) is 0 Å². The average molecular weight is 242 g/mol. The minimum Gasteiger partial charge on any atom is -0.379 e. The van der Waals surface area contributed by atoms with E-state index in [0.29, 0.717) is 19.3 Å². The number of carbonyl (C=O) groups is 1. The third-order valence-electron chi connectivity index (χ3n) is 2.57. The summed E-state index contributed by atoms with van der Waals surface area (Å²) in [6.45, 7) is 0.861. The molecule has 92 valence electrons. The molecule has 17 heavy (non-hydrogen) atoms. The molecule has 0 saturated carbocycles. The van der Waals surface area contributed by atoms with Crippen LogP contribution in [0.5, 0.6) is 0 Å². The Morgan fingerprint density at radius 2 is 2.29 bits per heavy atom. The van der Waals surface area contributed by atoms with Gasteiger partial charge in [-0.25, -0.2) is 8.78 Å². The first-order valence-electron chi connectivity index (χ1n) is 5.34. The minimum atomic E-state index is -0.860. The molecule has 1 heterocycles. The van der Waals surface area contributed by atoms with Crippen molar-refractivity contribution in [2.24, 2.45) is 0 Å². The van der Waals surface area contributed by atoms with Crippen molar-refractivity contribution in [1.29, 1.82) is 0 Å². The van der Waals surface area contributed by atoms with Gasteiger partial charge in [0.1, 0.15) is 18.2 Å². The zero-order chi connectivity index (χ0) is 12.3. The maximum Gasteiger partial charge on any atom is 0.191 e. The molecule has 0 bridgehead atoms. The topological polar surface area (TPSA) is 35.5 Å². The number of halogens is 2. The Bertz CT molecular complexity index is 414. The number of Topliss-reactive ketones (excluding diaryl/α,β-unsaturated/α-hetero) is 1. The summed E-state index contributed by atoms with van der Waals surface area (Å²) in [7, 11) is 0. The molecule has 0 radical (unpaired) electrons. The summed E-state index contributed by atoms with van der Waals surface area (Å²) < 4.78 is 36.2. The number of hydrogen-bond donors (Lipinski definition) is 0. The summed E-state index contributed by atoms with van der Waals surface area (Å²) in [6.07, 6.45) is 0.626. The van der Waals surface area contributed by atoms with Crippen molar-refractivity contribution in [3.05, 3.63) is 35.4 Å². The monoisotopic (exact) mass is 242 g/mol. The lowest BCUT2D eigenvalue weighted by atomic mass is 10.1. The first-order chi connectivity index (χ1) is 8.16. The molecular formula is C12H12F2O3. The molecule has 0 spiro atoms. The Morgan fingerprint density at radius 3 is 2.94 bits per heavy atom. The molecule has 1 atom stereocenters. The Kier molecular flexibility index (Phi) is 3.81. The fourth-order valence-electron chi connectivity index (χ4n) is 1.63. The molecule has 1 aliphatic rings. The standard InChI is InChI=1S/C12H12F2O3/c13-8-1-2-10(11(14)5-8)12(15)7-17-9-3-4-16-6-9/h1-2,5,9H,3-4,6-7H2. The van der Waals surface area contributed by atoms with Gasteiger partial charge in [0.2, 0.25) is 0 Å². The summed E-state index contributed by atoms with van der Waals surface area (Å²) in [6, 6.07) is 2.86. The lowest BCUT2D eigenvalue weighted by Crippen LogP contribution is -2.19. The van der Waals surface area contributed by atoms with Gasteiger partial charge in [0.15, 0.2) is 5.78 Å². The average Bonchev–Trinajstić information content (AvgIpc) is 2.78. The van der Waals surface area contributed by atoms with Crippen molar-refractivity contribution in [2.45, 2.75) is 12.5 Å². The van der Waals surface area contributed by atoms with Crippen molar-refractivity contribution in [1.82, 2.24) is 0 Å². The number of carbonyl (C=O) groups excluding carboxylic acids is 1. The highest BCUT2D eigenvalue weighted by molar-refractivity contribution is 5.97. The van der Waals surface area contributed by atoms with Crippen LogP contribution in [0.2, 0.25) is 0 Å². The Balaban J connectivity index is 1.94. The molecule has 2 rings (SSSR count). The van der Waals surface area contributed by atoms with E-state index in [2.05, 4.69) is 0 Å². The molecule has 0 N–H and O–H groups in total. The van der Waals surface area contributed by atoms with E-state index in [0.717, 1.165) is 18.6 Å². The van der Waals surface area contributed by atoms with Gasteiger partial charge < -0.3 is 9.47 Å². The molecule has 1 fully saturated rings. The molecule has 0 amide bonds. The smallest absolute Gasteiger partial charge is 0.191 e.